The summed E-state index contributed by atoms with van der Waals surface area (Å²) in [6.45, 7) is 0. The van der Waals surface area contributed by atoms with E-state index in [2.05, 4.69) is 0 Å². The maximum atomic E-state index is 8.35. The van der Waals surface area contributed by atoms with Gasteiger partial charge in [0.2, 0.25) is 0 Å². The zero-order chi connectivity index (χ0) is 5.41. The second-order valence-corrected chi connectivity index (χ2v) is 0.447. The third-order valence-electron chi connectivity index (χ3n) is 0. The maximum Gasteiger partial charge on any atom is 2.00 e. The van der Waals surface area contributed by atoms with Crippen LogP contribution in [0.5, 0.6) is 0 Å². The van der Waals surface area contributed by atoms with Gasteiger partial charge in [-0.05, 0) is 0 Å². The first-order chi connectivity index (χ1) is 2.83. The van der Waals surface area contributed by atoms with Gasteiger partial charge in [-0.3, -0.25) is 9.13 Å². The minimum atomic E-state index is -1.08. The molecule has 0 rings (SSSR count). The van der Waals surface area contributed by atoms with E-state index in [4.69, 9.17) is 18.9 Å². The molecule has 0 bridgehead atoms. The van der Waals surface area contributed by atoms with Crippen LogP contribution in [0.15, 0.2) is 0 Å². The summed E-state index contributed by atoms with van der Waals surface area (Å²) in [6.07, 6.45) is 0. The smallest absolute Gasteiger partial charge is 0.772 e. The van der Waals surface area contributed by atoms with E-state index < -0.39 is 17.4 Å². The van der Waals surface area contributed by atoms with E-state index in [-0.39, 0.29) is 22.4 Å². The van der Waals surface area contributed by atoms with E-state index in [9.17, 15) is 0 Å². The third-order valence-corrected chi connectivity index (χ3v) is 0. The van der Waals surface area contributed by atoms with Crippen molar-refractivity contribution in [2.75, 3.05) is 0 Å². The average Bonchev–Trinajstić information content (AvgIpc) is 1.39. The molecule has 0 saturated carbocycles. The largest absolute Gasteiger partial charge is 2.00 e. The molecule has 0 amide bonds. The molecule has 0 heterocycles. The Morgan fingerprint density at radius 1 is 1.00 bits per heavy atom. The molecule has 0 aromatic rings. The molecule has 0 N–H and O–H groups in total. The fourth-order valence-electron chi connectivity index (χ4n) is 0. The van der Waals surface area contributed by atoms with E-state index in [0.29, 0.717) is 0 Å². The Morgan fingerprint density at radius 2 is 1.00 bits per heavy atom. The molecule has 7 heteroatoms. The van der Waals surface area contributed by atoms with Gasteiger partial charge >= 0.3 is 22.4 Å². The monoisotopic (exact) mass is 219 g/mol. The van der Waals surface area contributed by atoms with E-state index in [1.165, 1.54) is 0 Å². The van der Waals surface area contributed by atoms with Gasteiger partial charge < -0.3 is 9.79 Å². The van der Waals surface area contributed by atoms with Crippen molar-refractivity contribution in [1.29, 1.82) is 0 Å². The third kappa shape index (κ3) is 219. The van der Waals surface area contributed by atoms with E-state index >= 15 is 0 Å². The zero-order valence-electron chi connectivity index (χ0n) is 2.97. The first-order valence-corrected chi connectivity index (χ1v) is 2.19. The van der Waals surface area contributed by atoms with E-state index in [0.717, 1.165) is 0 Å². The second kappa shape index (κ2) is 28.8. The summed E-state index contributed by atoms with van der Waals surface area (Å²) in [5.74, 6) is 0. The minimum absolute atomic E-state index is 0. The topological polar surface area (TPSA) is 80.3 Å². The molecule has 0 unspecified atom stereocenters. The van der Waals surface area contributed by atoms with Crippen LogP contribution >= 0.6 is 17.4 Å². The second-order valence-electron chi connectivity index (χ2n) is 0.149. The summed E-state index contributed by atoms with van der Waals surface area (Å²) in [5, 5.41) is 0. The molecule has 0 spiro atoms. The van der Waals surface area contributed by atoms with Crippen molar-refractivity contribution >= 4 is 17.4 Å². The Bertz CT molecular complexity index is 30.7. The first kappa shape index (κ1) is 15.7. The van der Waals surface area contributed by atoms with Crippen molar-refractivity contribution in [3.05, 3.63) is 0 Å². The van der Waals surface area contributed by atoms with E-state index in [1.807, 2.05) is 0 Å². The van der Waals surface area contributed by atoms with Gasteiger partial charge in [-0.2, -0.15) is 0 Å². The summed E-state index contributed by atoms with van der Waals surface area (Å²) < 4.78 is 16.7. The van der Waals surface area contributed by atoms with Crippen LogP contribution in [0.4, 0.5) is 0 Å². The molecule has 4 nitrogen and oxygen atoms in total. The van der Waals surface area contributed by atoms with Crippen molar-refractivity contribution in [2.45, 2.75) is 0 Å². The molecule has 1 radical (unpaired) electrons. The van der Waals surface area contributed by atoms with Crippen LogP contribution in [0.3, 0.4) is 0 Å². The van der Waals surface area contributed by atoms with Crippen molar-refractivity contribution in [2.24, 2.45) is 0 Å². The van der Waals surface area contributed by atoms with Crippen LogP contribution in [0.2, 0.25) is 0 Å². The van der Waals surface area contributed by atoms with Crippen molar-refractivity contribution in [3.8, 4) is 0 Å². The Kier molecular flexibility index (Phi) is 64.4. The molecule has 0 fully saturated rings. The van der Waals surface area contributed by atoms with Crippen LogP contribution in [0.1, 0.15) is 0 Å². The Morgan fingerprint density at radius 3 is 1.00 bits per heavy atom. The summed E-state index contributed by atoms with van der Waals surface area (Å²) in [4.78, 5) is 16.7. The Labute approximate surface area is 59.0 Å². The normalized spacial score (nSPS) is 6.00. The Hall–Kier alpha value is 0.860. The summed E-state index contributed by atoms with van der Waals surface area (Å²) in [6, 6.07) is 0. The maximum absolute atomic E-state index is 8.35. The SMILES string of the molecule is O=P[O-].O=P[O-].[Nb+2]. The van der Waals surface area contributed by atoms with E-state index in [1.54, 1.807) is 0 Å². The summed E-state index contributed by atoms with van der Waals surface area (Å²) in [7, 11) is -2.17. The van der Waals surface area contributed by atoms with Crippen LogP contribution in [0.25, 0.3) is 0 Å². The standard InChI is InChI=1S/Nb.2HO2P/c;2*1-3-2/h;2*(H,1,2)/q+2;;/p-2. The average molecular weight is 219 g/mol. The van der Waals surface area contributed by atoms with Gasteiger partial charge in [0.1, 0.15) is 0 Å². The van der Waals surface area contributed by atoms with Gasteiger partial charge in [0.15, 0.2) is 0 Å². The van der Waals surface area contributed by atoms with Crippen LogP contribution in [0, 0.1) is 0 Å². The van der Waals surface area contributed by atoms with Crippen molar-refractivity contribution in [3.63, 3.8) is 0 Å². The molecule has 0 aromatic carbocycles. The van der Waals surface area contributed by atoms with Gasteiger partial charge in [0.25, 0.3) is 0 Å². The van der Waals surface area contributed by atoms with Gasteiger partial charge in [0, 0.05) is 0 Å². The van der Waals surface area contributed by atoms with Crippen LogP contribution in [-0.4, -0.2) is 0 Å². The molecule has 0 saturated heterocycles. The van der Waals surface area contributed by atoms with Crippen LogP contribution in [-0.2, 0) is 31.5 Å². The molecule has 7 heavy (non-hydrogen) atoms. The quantitative estimate of drug-likeness (QED) is 0.390. The van der Waals surface area contributed by atoms with Gasteiger partial charge in [-0.15, -0.1) is 0 Å². The number of hydrogen-bond acceptors (Lipinski definition) is 4. The number of hydrogen-bond donors (Lipinski definition) is 0. The van der Waals surface area contributed by atoms with Gasteiger partial charge in [0.05, 0.1) is 17.4 Å². The van der Waals surface area contributed by atoms with Crippen molar-refractivity contribution < 1.29 is 41.3 Å². The summed E-state index contributed by atoms with van der Waals surface area (Å²) in [5.41, 5.74) is 0. The zero-order valence-corrected chi connectivity index (χ0v) is 6.96. The number of rotatable bonds is 0. The molecule has 0 aliphatic heterocycles. The molecular formula is NbO4P2. The molecular weight excluding hydrogens is 219 g/mol. The molecule has 0 aliphatic rings. The molecule has 0 aliphatic carbocycles. The minimum Gasteiger partial charge on any atom is -0.772 e. The predicted octanol–water partition coefficient (Wildman–Crippen LogP) is -0.896. The Balaban J connectivity index is -0.0000000400. The molecule has 39 valence electrons. The van der Waals surface area contributed by atoms with Gasteiger partial charge in [-0.1, -0.05) is 0 Å². The predicted molar refractivity (Wildman–Crippen MR) is 15.2 cm³/mol. The fourth-order valence-corrected chi connectivity index (χ4v) is 0. The van der Waals surface area contributed by atoms with Gasteiger partial charge in [-0.25, -0.2) is 0 Å². The first-order valence-electron chi connectivity index (χ1n) is 0.730. The van der Waals surface area contributed by atoms with Crippen LogP contribution < -0.4 is 9.79 Å². The molecule has 0 atom stereocenters. The molecule has 0 aromatic heterocycles. The fraction of sp³-hybridized carbons (Fsp3) is 0. The summed E-state index contributed by atoms with van der Waals surface area (Å²) >= 11 is 0. The van der Waals surface area contributed by atoms with Crippen molar-refractivity contribution in [1.82, 2.24) is 0 Å².